The summed E-state index contributed by atoms with van der Waals surface area (Å²) in [7, 11) is 0. The molecule has 0 unspecified atom stereocenters. The molecule has 12 heavy (non-hydrogen) atoms. The van der Waals surface area contributed by atoms with E-state index >= 15 is 0 Å². The molecule has 0 radical (unpaired) electrons. The largest absolute Gasteiger partial charge is 0.445 e. The van der Waals surface area contributed by atoms with E-state index in [-0.39, 0.29) is 6.61 Å². The Bertz CT molecular complexity index is 290. The third kappa shape index (κ3) is 2.87. The number of carbonyl (C=O) groups is 1. The number of rotatable bonds is 2. The molecule has 2 N–H and O–H groups in total. The SMILES string of the molecule is NC(=O)OCc1cncc(Br)c1. The van der Waals surface area contributed by atoms with Gasteiger partial charge in [-0.1, -0.05) is 0 Å². The molecule has 4 nitrogen and oxygen atoms in total. The van der Waals surface area contributed by atoms with Gasteiger partial charge in [0.2, 0.25) is 0 Å². The number of carbonyl (C=O) groups excluding carboxylic acids is 1. The third-order valence-corrected chi connectivity index (χ3v) is 1.58. The van der Waals surface area contributed by atoms with Crippen molar-refractivity contribution in [3.63, 3.8) is 0 Å². The summed E-state index contributed by atoms with van der Waals surface area (Å²) in [6, 6.07) is 1.80. The second kappa shape index (κ2) is 4.06. The Morgan fingerprint density at radius 2 is 2.42 bits per heavy atom. The lowest BCUT2D eigenvalue weighted by molar-refractivity contribution is 0.150. The Labute approximate surface area is 77.9 Å². The van der Waals surface area contributed by atoms with Crippen molar-refractivity contribution >= 4 is 22.0 Å². The summed E-state index contributed by atoms with van der Waals surface area (Å²) in [5.74, 6) is 0. The molecule has 1 aromatic heterocycles. The van der Waals surface area contributed by atoms with E-state index in [2.05, 4.69) is 25.7 Å². The summed E-state index contributed by atoms with van der Waals surface area (Å²) in [6.07, 6.45) is 2.47. The smallest absolute Gasteiger partial charge is 0.404 e. The molecule has 0 spiro atoms. The van der Waals surface area contributed by atoms with Gasteiger partial charge in [-0.3, -0.25) is 4.98 Å². The van der Waals surface area contributed by atoms with E-state index in [9.17, 15) is 4.79 Å². The van der Waals surface area contributed by atoms with Crippen molar-refractivity contribution < 1.29 is 9.53 Å². The molecule has 1 rings (SSSR count). The van der Waals surface area contributed by atoms with E-state index in [0.29, 0.717) is 0 Å². The van der Waals surface area contributed by atoms with Gasteiger partial charge in [-0.25, -0.2) is 4.79 Å². The quantitative estimate of drug-likeness (QED) is 0.837. The maximum absolute atomic E-state index is 10.2. The molecule has 64 valence electrons. The Hall–Kier alpha value is -1.10. The molecule has 0 atom stereocenters. The summed E-state index contributed by atoms with van der Waals surface area (Å²) < 4.78 is 5.40. The number of primary amides is 1. The van der Waals surface area contributed by atoms with Crippen LogP contribution in [0.3, 0.4) is 0 Å². The van der Waals surface area contributed by atoms with Crippen LogP contribution < -0.4 is 5.73 Å². The van der Waals surface area contributed by atoms with Crippen LogP contribution in [0.5, 0.6) is 0 Å². The molecule has 0 bridgehead atoms. The molecule has 0 aliphatic carbocycles. The number of halogens is 1. The van der Waals surface area contributed by atoms with Crippen LogP contribution in [0, 0.1) is 0 Å². The zero-order valence-electron chi connectivity index (χ0n) is 6.16. The Balaban J connectivity index is 2.57. The number of hydrogen-bond donors (Lipinski definition) is 1. The van der Waals surface area contributed by atoms with Gasteiger partial charge in [0.15, 0.2) is 0 Å². The number of pyridine rings is 1. The lowest BCUT2D eigenvalue weighted by Crippen LogP contribution is -2.12. The van der Waals surface area contributed by atoms with Crippen molar-refractivity contribution in [3.8, 4) is 0 Å². The maximum atomic E-state index is 10.2. The normalized spacial score (nSPS) is 9.42. The minimum absolute atomic E-state index is 0.155. The highest BCUT2D eigenvalue weighted by molar-refractivity contribution is 9.10. The van der Waals surface area contributed by atoms with Crippen LogP contribution in [0.25, 0.3) is 0 Å². The summed E-state index contributed by atoms with van der Waals surface area (Å²) in [4.78, 5) is 14.1. The first-order valence-electron chi connectivity index (χ1n) is 3.20. The van der Waals surface area contributed by atoms with E-state index < -0.39 is 6.09 Å². The average molecular weight is 231 g/mol. The van der Waals surface area contributed by atoms with Crippen LogP contribution >= 0.6 is 15.9 Å². The average Bonchev–Trinajstić information content (AvgIpc) is 2.01. The lowest BCUT2D eigenvalue weighted by atomic mass is 10.3. The first-order valence-corrected chi connectivity index (χ1v) is 3.99. The van der Waals surface area contributed by atoms with E-state index in [4.69, 9.17) is 5.73 Å². The van der Waals surface area contributed by atoms with Gasteiger partial charge >= 0.3 is 6.09 Å². The molecule has 0 saturated heterocycles. The van der Waals surface area contributed by atoms with Gasteiger partial charge in [0, 0.05) is 22.4 Å². The molecule has 5 heteroatoms. The fraction of sp³-hybridized carbons (Fsp3) is 0.143. The van der Waals surface area contributed by atoms with Crippen LogP contribution in [-0.2, 0) is 11.3 Å². The first kappa shape index (κ1) is 8.99. The van der Waals surface area contributed by atoms with Crippen LogP contribution in [0.4, 0.5) is 4.79 Å². The number of aromatic nitrogens is 1. The van der Waals surface area contributed by atoms with E-state index in [1.165, 1.54) is 0 Å². The highest BCUT2D eigenvalue weighted by atomic mass is 79.9. The fourth-order valence-corrected chi connectivity index (χ4v) is 1.10. The third-order valence-electron chi connectivity index (χ3n) is 1.14. The summed E-state index contributed by atoms with van der Waals surface area (Å²) in [6.45, 7) is 0.155. The summed E-state index contributed by atoms with van der Waals surface area (Å²) >= 11 is 3.23. The zero-order chi connectivity index (χ0) is 8.97. The van der Waals surface area contributed by atoms with Gasteiger partial charge in [0.1, 0.15) is 6.61 Å². The molecular weight excluding hydrogens is 224 g/mol. The van der Waals surface area contributed by atoms with Gasteiger partial charge in [0.25, 0.3) is 0 Å². The van der Waals surface area contributed by atoms with Crippen LogP contribution in [0.15, 0.2) is 22.9 Å². The lowest BCUT2D eigenvalue weighted by Gasteiger charge is -2.00. The number of nitrogens with zero attached hydrogens (tertiary/aromatic N) is 1. The molecule has 1 aromatic rings. The molecule has 0 saturated carbocycles. The van der Waals surface area contributed by atoms with Gasteiger partial charge in [0.05, 0.1) is 0 Å². The highest BCUT2D eigenvalue weighted by Crippen LogP contribution is 2.09. The molecule has 0 fully saturated rings. The topological polar surface area (TPSA) is 65.2 Å². The molecule has 0 aliphatic heterocycles. The van der Waals surface area contributed by atoms with Crippen molar-refractivity contribution in [2.75, 3.05) is 0 Å². The van der Waals surface area contributed by atoms with Crippen molar-refractivity contribution in [3.05, 3.63) is 28.5 Å². The van der Waals surface area contributed by atoms with Crippen LogP contribution in [0.1, 0.15) is 5.56 Å². The van der Waals surface area contributed by atoms with E-state index in [1.807, 2.05) is 0 Å². The van der Waals surface area contributed by atoms with Gasteiger partial charge < -0.3 is 10.5 Å². The molecule has 1 heterocycles. The number of amides is 1. The summed E-state index contributed by atoms with van der Waals surface area (Å²) in [5, 5.41) is 0. The predicted octanol–water partition coefficient (Wildman–Crippen LogP) is 1.44. The Kier molecular flexibility index (Phi) is 3.04. The van der Waals surface area contributed by atoms with E-state index in [0.717, 1.165) is 10.0 Å². The predicted molar refractivity (Wildman–Crippen MR) is 46.3 cm³/mol. The van der Waals surface area contributed by atoms with Crippen molar-refractivity contribution in [1.82, 2.24) is 4.98 Å². The fourth-order valence-electron chi connectivity index (χ4n) is 0.689. The van der Waals surface area contributed by atoms with Gasteiger partial charge in [-0.15, -0.1) is 0 Å². The van der Waals surface area contributed by atoms with Crippen LogP contribution in [0.2, 0.25) is 0 Å². The molecular formula is C7H7BrN2O2. The summed E-state index contributed by atoms with van der Waals surface area (Å²) in [5.41, 5.74) is 5.58. The minimum atomic E-state index is -0.782. The Morgan fingerprint density at radius 1 is 1.67 bits per heavy atom. The molecule has 0 aliphatic rings. The van der Waals surface area contributed by atoms with Gasteiger partial charge in [-0.05, 0) is 22.0 Å². The van der Waals surface area contributed by atoms with Crippen molar-refractivity contribution in [2.45, 2.75) is 6.61 Å². The second-order valence-electron chi connectivity index (χ2n) is 2.12. The maximum Gasteiger partial charge on any atom is 0.404 e. The monoisotopic (exact) mass is 230 g/mol. The highest BCUT2D eigenvalue weighted by Gasteiger charge is 1.97. The standard InChI is InChI=1S/C7H7BrN2O2/c8-6-1-5(2-10-3-6)4-12-7(9)11/h1-3H,4H2,(H2,9,11). The van der Waals surface area contributed by atoms with Gasteiger partial charge in [-0.2, -0.15) is 0 Å². The zero-order valence-corrected chi connectivity index (χ0v) is 7.74. The number of hydrogen-bond acceptors (Lipinski definition) is 3. The second-order valence-corrected chi connectivity index (χ2v) is 3.03. The Morgan fingerprint density at radius 3 is 3.00 bits per heavy atom. The molecule has 0 aromatic carbocycles. The molecule has 1 amide bonds. The first-order chi connectivity index (χ1) is 5.68. The van der Waals surface area contributed by atoms with Crippen molar-refractivity contribution in [2.24, 2.45) is 5.73 Å². The minimum Gasteiger partial charge on any atom is -0.445 e. The van der Waals surface area contributed by atoms with Crippen molar-refractivity contribution in [1.29, 1.82) is 0 Å². The van der Waals surface area contributed by atoms with E-state index in [1.54, 1.807) is 18.5 Å². The number of ether oxygens (including phenoxy) is 1. The van der Waals surface area contributed by atoms with Crippen LogP contribution in [-0.4, -0.2) is 11.1 Å². The number of nitrogens with two attached hydrogens (primary N) is 1.